The van der Waals surface area contributed by atoms with Gasteiger partial charge in [-0.25, -0.2) is 4.79 Å². The fourth-order valence-corrected chi connectivity index (χ4v) is 2.08. The standard InChI is InChI=1S/C16H13N5O2/c17-15(23)21(14(22)12-9-5-2-6-10-12)16-18-13(19-20-16)11-7-3-1-4-8-11/h1-10H,(H2,17,23)(H,18,19,20). The van der Waals surface area contributed by atoms with Gasteiger partial charge in [-0.2, -0.15) is 9.88 Å². The van der Waals surface area contributed by atoms with Crippen LogP contribution in [0.15, 0.2) is 60.7 Å². The molecule has 2 aromatic carbocycles. The highest BCUT2D eigenvalue weighted by molar-refractivity contribution is 6.19. The predicted molar refractivity (Wildman–Crippen MR) is 84.7 cm³/mol. The number of aromatic nitrogens is 3. The third kappa shape index (κ3) is 2.93. The van der Waals surface area contributed by atoms with E-state index < -0.39 is 11.9 Å². The van der Waals surface area contributed by atoms with Crippen LogP contribution in [0.5, 0.6) is 0 Å². The van der Waals surface area contributed by atoms with Crippen LogP contribution in [0.3, 0.4) is 0 Å². The molecular formula is C16H13N5O2. The summed E-state index contributed by atoms with van der Waals surface area (Å²) in [6.07, 6.45) is 0. The zero-order valence-corrected chi connectivity index (χ0v) is 12.0. The molecule has 0 saturated heterocycles. The number of primary amides is 1. The summed E-state index contributed by atoms with van der Waals surface area (Å²) in [5.74, 6) is -0.241. The molecule has 0 fully saturated rings. The number of benzene rings is 2. The van der Waals surface area contributed by atoms with E-state index in [1.54, 1.807) is 30.3 Å². The average Bonchev–Trinajstić information content (AvgIpc) is 3.06. The molecule has 7 nitrogen and oxygen atoms in total. The topological polar surface area (TPSA) is 105 Å². The van der Waals surface area contributed by atoms with Crippen molar-refractivity contribution in [3.63, 3.8) is 0 Å². The summed E-state index contributed by atoms with van der Waals surface area (Å²) in [5, 5.41) is 6.63. The van der Waals surface area contributed by atoms with Crippen molar-refractivity contribution in [2.24, 2.45) is 5.73 Å². The Bertz CT molecular complexity index is 830. The number of rotatable bonds is 3. The summed E-state index contributed by atoms with van der Waals surface area (Å²) >= 11 is 0. The Kier molecular flexibility index (Phi) is 3.84. The van der Waals surface area contributed by atoms with Gasteiger partial charge in [0.2, 0.25) is 0 Å². The number of aromatic amines is 1. The number of hydrogen-bond donors (Lipinski definition) is 2. The van der Waals surface area contributed by atoms with E-state index in [4.69, 9.17) is 5.73 Å². The summed E-state index contributed by atoms with van der Waals surface area (Å²) in [6, 6.07) is 16.6. The lowest BCUT2D eigenvalue weighted by atomic mass is 10.2. The monoisotopic (exact) mass is 307 g/mol. The van der Waals surface area contributed by atoms with Gasteiger partial charge in [-0.15, -0.1) is 5.10 Å². The number of carbonyl (C=O) groups is 2. The number of nitrogens with zero attached hydrogens (tertiary/aromatic N) is 3. The Labute approximate surface area is 131 Å². The van der Waals surface area contributed by atoms with Crippen LogP contribution < -0.4 is 10.6 Å². The molecule has 0 radical (unpaired) electrons. The van der Waals surface area contributed by atoms with Crippen molar-refractivity contribution in [1.82, 2.24) is 15.2 Å². The number of nitrogens with one attached hydrogen (secondary N) is 1. The summed E-state index contributed by atoms with van der Waals surface area (Å²) in [4.78, 5) is 29.1. The van der Waals surface area contributed by atoms with Crippen LogP contribution in [0.2, 0.25) is 0 Å². The number of urea groups is 1. The summed E-state index contributed by atoms with van der Waals surface area (Å²) in [5.41, 5.74) is 6.42. The first-order chi connectivity index (χ1) is 11.2. The number of nitrogens with two attached hydrogens (primary N) is 1. The Morgan fingerprint density at radius 3 is 2.17 bits per heavy atom. The lowest BCUT2D eigenvalue weighted by Gasteiger charge is -2.14. The maximum atomic E-state index is 12.5. The summed E-state index contributed by atoms with van der Waals surface area (Å²) < 4.78 is 0. The van der Waals surface area contributed by atoms with Crippen LogP contribution in [0, 0.1) is 0 Å². The molecule has 1 aromatic heterocycles. The Morgan fingerprint density at radius 1 is 0.957 bits per heavy atom. The van der Waals surface area contributed by atoms with E-state index in [0.29, 0.717) is 11.4 Å². The molecule has 7 heteroatoms. The van der Waals surface area contributed by atoms with Crippen LogP contribution in [-0.4, -0.2) is 27.1 Å². The summed E-state index contributed by atoms with van der Waals surface area (Å²) in [7, 11) is 0. The van der Waals surface area contributed by atoms with Crippen LogP contribution in [0.1, 0.15) is 10.4 Å². The Hall–Kier alpha value is -3.48. The molecule has 3 rings (SSSR count). The first-order valence-electron chi connectivity index (χ1n) is 6.83. The average molecular weight is 307 g/mol. The molecule has 0 spiro atoms. The predicted octanol–water partition coefficient (Wildman–Crippen LogP) is 2.20. The van der Waals surface area contributed by atoms with Gasteiger partial charge in [0.15, 0.2) is 5.82 Å². The fourth-order valence-electron chi connectivity index (χ4n) is 2.08. The number of H-pyrrole nitrogens is 1. The lowest BCUT2D eigenvalue weighted by molar-refractivity contribution is 0.0994. The van der Waals surface area contributed by atoms with Crippen molar-refractivity contribution in [3.8, 4) is 11.4 Å². The van der Waals surface area contributed by atoms with Gasteiger partial charge in [0, 0.05) is 11.1 Å². The smallest absolute Gasteiger partial charge is 0.328 e. The molecule has 0 atom stereocenters. The molecular weight excluding hydrogens is 294 g/mol. The number of carbonyl (C=O) groups excluding carboxylic acids is 2. The van der Waals surface area contributed by atoms with Gasteiger partial charge >= 0.3 is 6.03 Å². The van der Waals surface area contributed by atoms with Crippen molar-refractivity contribution in [2.45, 2.75) is 0 Å². The minimum Gasteiger partial charge on any atom is -0.351 e. The quantitative estimate of drug-likeness (QED) is 0.773. The van der Waals surface area contributed by atoms with Gasteiger partial charge in [0.25, 0.3) is 11.9 Å². The van der Waals surface area contributed by atoms with Crippen molar-refractivity contribution in [2.75, 3.05) is 4.90 Å². The minimum atomic E-state index is -0.947. The summed E-state index contributed by atoms with van der Waals surface area (Å²) in [6.45, 7) is 0. The number of imide groups is 1. The van der Waals surface area contributed by atoms with Crippen LogP contribution >= 0.6 is 0 Å². The SMILES string of the molecule is NC(=O)N(C(=O)c1ccccc1)c1n[nH]c(-c2ccccc2)n1. The molecule has 114 valence electrons. The normalized spacial score (nSPS) is 10.3. The first kappa shape index (κ1) is 14.5. The highest BCUT2D eigenvalue weighted by atomic mass is 16.2. The van der Waals surface area contributed by atoms with Crippen molar-refractivity contribution in [1.29, 1.82) is 0 Å². The molecule has 0 unspecified atom stereocenters. The van der Waals surface area contributed by atoms with E-state index in [-0.39, 0.29) is 5.95 Å². The minimum absolute atomic E-state index is 0.0924. The molecule has 1 heterocycles. The highest BCUT2D eigenvalue weighted by Gasteiger charge is 2.26. The molecule has 0 saturated carbocycles. The van der Waals surface area contributed by atoms with E-state index in [9.17, 15) is 9.59 Å². The second-order valence-electron chi connectivity index (χ2n) is 4.69. The van der Waals surface area contributed by atoms with Crippen LogP contribution in [-0.2, 0) is 0 Å². The zero-order valence-electron chi connectivity index (χ0n) is 12.0. The molecule has 23 heavy (non-hydrogen) atoms. The van der Waals surface area contributed by atoms with Crippen molar-refractivity contribution < 1.29 is 9.59 Å². The highest BCUT2D eigenvalue weighted by Crippen LogP contribution is 2.18. The first-order valence-corrected chi connectivity index (χ1v) is 6.83. The molecule has 0 bridgehead atoms. The van der Waals surface area contributed by atoms with Gasteiger partial charge in [-0.1, -0.05) is 48.5 Å². The Balaban J connectivity index is 1.95. The van der Waals surface area contributed by atoms with E-state index >= 15 is 0 Å². The van der Waals surface area contributed by atoms with Gasteiger partial charge < -0.3 is 5.73 Å². The third-order valence-corrected chi connectivity index (χ3v) is 3.17. The van der Waals surface area contributed by atoms with Crippen LogP contribution in [0.4, 0.5) is 10.7 Å². The van der Waals surface area contributed by atoms with E-state index in [1.807, 2.05) is 30.3 Å². The molecule has 3 amide bonds. The van der Waals surface area contributed by atoms with Gasteiger partial charge in [0.05, 0.1) is 0 Å². The molecule has 0 aliphatic rings. The second kappa shape index (κ2) is 6.10. The fraction of sp³-hybridized carbons (Fsp3) is 0. The number of anilines is 1. The van der Waals surface area contributed by atoms with E-state index in [0.717, 1.165) is 10.5 Å². The second-order valence-corrected chi connectivity index (χ2v) is 4.69. The third-order valence-electron chi connectivity index (χ3n) is 3.17. The maximum absolute atomic E-state index is 12.5. The molecule has 3 N–H and O–H groups in total. The van der Waals surface area contributed by atoms with E-state index in [1.165, 1.54) is 0 Å². The molecule has 0 aliphatic heterocycles. The van der Waals surface area contributed by atoms with Crippen molar-refractivity contribution >= 4 is 17.9 Å². The molecule has 0 aliphatic carbocycles. The zero-order chi connectivity index (χ0) is 16.2. The van der Waals surface area contributed by atoms with E-state index in [2.05, 4.69) is 15.2 Å². The van der Waals surface area contributed by atoms with Crippen LogP contribution in [0.25, 0.3) is 11.4 Å². The van der Waals surface area contributed by atoms with Gasteiger partial charge in [-0.3, -0.25) is 9.89 Å². The van der Waals surface area contributed by atoms with Gasteiger partial charge in [-0.05, 0) is 12.1 Å². The Morgan fingerprint density at radius 2 is 1.57 bits per heavy atom. The molecule has 3 aromatic rings. The van der Waals surface area contributed by atoms with Crippen molar-refractivity contribution in [3.05, 3.63) is 66.2 Å². The maximum Gasteiger partial charge on any atom is 0.328 e. The largest absolute Gasteiger partial charge is 0.351 e. The van der Waals surface area contributed by atoms with Gasteiger partial charge in [0.1, 0.15) is 0 Å². The number of hydrogen-bond acceptors (Lipinski definition) is 4. The number of amides is 3. The lowest BCUT2D eigenvalue weighted by Crippen LogP contribution is -2.41.